The smallest absolute Gasteiger partial charge is 0.370 e. The summed E-state index contributed by atoms with van der Waals surface area (Å²) < 4.78 is 39.8. The van der Waals surface area contributed by atoms with E-state index in [0.717, 1.165) is 11.0 Å². The summed E-state index contributed by atoms with van der Waals surface area (Å²) in [5, 5.41) is 2.50. The van der Waals surface area contributed by atoms with Crippen LogP contribution in [0.5, 0.6) is 0 Å². The van der Waals surface area contributed by atoms with E-state index < -0.39 is 12.8 Å². The fraction of sp³-hybridized carbons (Fsp3) is 0.429. The van der Waals surface area contributed by atoms with Crippen LogP contribution in [0, 0.1) is 0 Å². The molecule has 2 aromatic rings. The summed E-state index contributed by atoms with van der Waals surface area (Å²) in [6, 6.07) is 7.52. The van der Waals surface area contributed by atoms with E-state index in [1.165, 1.54) is 0 Å². The Labute approximate surface area is 124 Å². The zero-order valence-electron chi connectivity index (χ0n) is 11.7. The number of nitrogens with zero attached hydrogens (tertiary/aromatic N) is 1. The lowest BCUT2D eigenvalue weighted by Gasteiger charge is -2.08. The van der Waals surface area contributed by atoms with E-state index in [4.69, 9.17) is 0 Å². The van der Waals surface area contributed by atoms with Crippen LogP contribution in [0.4, 0.5) is 13.2 Å². The number of aryl methyl sites for hydroxylation is 1. The van der Waals surface area contributed by atoms with Gasteiger partial charge in [-0.25, -0.2) is 4.98 Å². The molecule has 0 unspecified atom stereocenters. The number of halogens is 3. The van der Waals surface area contributed by atoms with Gasteiger partial charge in [-0.15, -0.1) is 0 Å². The van der Waals surface area contributed by atoms with Crippen LogP contribution in [0.3, 0.4) is 0 Å². The van der Waals surface area contributed by atoms with Gasteiger partial charge in [-0.1, -0.05) is 12.1 Å². The van der Waals surface area contributed by atoms with E-state index in [2.05, 4.69) is 20.0 Å². The number of alkyl halides is 3. The summed E-state index contributed by atoms with van der Waals surface area (Å²) in [5.74, 6) is 0.445. The quantitative estimate of drug-likeness (QED) is 0.770. The number of nitrogens with one attached hydrogen (secondary N) is 2. The molecule has 5 nitrogen and oxygen atoms in total. The molecule has 0 atom stereocenters. The second kappa shape index (κ2) is 7.26. The Morgan fingerprint density at radius 1 is 1.32 bits per heavy atom. The zero-order chi connectivity index (χ0) is 16.0. The molecule has 2 N–H and O–H groups in total. The van der Waals surface area contributed by atoms with Crippen molar-refractivity contribution in [2.45, 2.75) is 19.0 Å². The number of amides is 1. The number of fused-ring (bicyclic) bond motifs is 1. The SMILES string of the molecule is O=C(CCc1nc2ccccc2[nH]1)NCCOCC(F)(F)F. The fourth-order valence-electron chi connectivity index (χ4n) is 1.89. The lowest BCUT2D eigenvalue weighted by Crippen LogP contribution is -2.29. The highest BCUT2D eigenvalue weighted by Crippen LogP contribution is 2.14. The van der Waals surface area contributed by atoms with Crippen LogP contribution in [0.25, 0.3) is 11.0 Å². The Balaban J connectivity index is 1.65. The number of aromatic amines is 1. The summed E-state index contributed by atoms with van der Waals surface area (Å²) in [5.41, 5.74) is 1.73. The first-order valence-corrected chi connectivity index (χ1v) is 6.79. The number of aromatic nitrogens is 2. The number of hydrogen-bond donors (Lipinski definition) is 2. The average Bonchev–Trinajstić information content (AvgIpc) is 2.86. The van der Waals surface area contributed by atoms with Crippen molar-refractivity contribution in [1.82, 2.24) is 15.3 Å². The number of carbonyl (C=O) groups excluding carboxylic acids is 1. The predicted octanol–water partition coefficient (Wildman–Crippen LogP) is 2.19. The van der Waals surface area contributed by atoms with E-state index >= 15 is 0 Å². The molecule has 1 amide bonds. The molecule has 0 saturated heterocycles. The molecule has 0 aliphatic carbocycles. The van der Waals surface area contributed by atoms with Crippen molar-refractivity contribution < 1.29 is 22.7 Å². The van der Waals surface area contributed by atoms with Gasteiger partial charge in [-0.3, -0.25) is 4.79 Å². The number of H-pyrrole nitrogens is 1. The van der Waals surface area contributed by atoms with E-state index in [9.17, 15) is 18.0 Å². The third-order valence-electron chi connectivity index (χ3n) is 2.86. The molecule has 0 aliphatic rings. The van der Waals surface area contributed by atoms with Gasteiger partial charge < -0.3 is 15.0 Å². The van der Waals surface area contributed by atoms with E-state index in [1.54, 1.807) is 0 Å². The van der Waals surface area contributed by atoms with Crippen LogP contribution in [0.15, 0.2) is 24.3 Å². The van der Waals surface area contributed by atoms with Gasteiger partial charge in [0, 0.05) is 19.4 Å². The van der Waals surface area contributed by atoms with Crippen LogP contribution in [0.1, 0.15) is 12.2 Å². The minimum atomic E-state index is -4.34. The molecule has 1 heterocycles. The molecule has 0 saturated carbocycles. The summed E-state index contributed by atoms with van der Waals surface area (Å²) in [6.07, 6.45) is -3.70. The molecule has 0 bridgehead atoms. The second-order valence-electron chi connectivity index (χ2n) is 4.72. The highest BCUT2D eigenvalue weighted by molar-refractivity contribution is 5.77. The molecule has 1 aromatic carbocycles. The number of carbonyl (C=O) groups is 1. The van der Waals surface area contributed by atoms with Crippen molar-refractivity contribution in [1.29, 1.82) is 0 Å². The first-order chi connectivity index (χ1) is 10.4. The summed E-state index contributed by atoms with van der Waals surface area (Å²) in [6.45, 7) is -1.42. The van der Waals surface area contributed by atoms with Crippen molar-refractivity contribution in [2.24, 2.45) is 0 Å². The van der Waals surface area contributed by atoms with Gasteiger partial charge in [-0.2, -0.15) is 13.2 Å². The van der Waals surface area contributed by atoms with Gasteiger partial charge in [0.1, 0.15) is 12.4 Å². The topological polar surface area (TPSA) is 67.0 Å². The molecule has 0 aliphatic heterocycles. The van der Waals surface area contributed by atoms with E-state index in [1.807, 2.05) is 24.3 Å². The molecule has 8 heteroatoms. The summed E-state index contributed by atoms with van der Waals surface area (Å²) in [7, 11) is 0. The van der Waals surface area contributed by atoms with Crippen LogP contribution in [0.2, 0.25) is 0 Å². The van der Waals surface area contributed by atoms with Crippen molar-refractivity contribution in [2.75, 3.05) is 19.8 Å². The van der Waals surface area contributed by atoms with Gasteiger partial charge in [0.15, 0.2) is 0 Å². The summed E-state index contributed by atoms with van der Waals surface area (Å²) in [4.78, 5) is 19.0. The molecular weight excluding hydrogens is 299 g/mol. The van der Waals surface area contributed by atoms with Crippen LogP contribution < -0.4 is 5.32 Å². The van der Waals surface area contributed by atoms with Crippen molar-refractivity contribution in [3.63, 3.8) is 0 Å². The minimum Gasteiger partial charge on any atom is -0.370 e. The van der Waals surface area contributed by atoms with E-state index in [-0.39, 0.29) is 25.5 Å². The minimum absolute atomic E-state index is 0.0506. The van der Waals surface area contributed by atoms with Crippen LogP contribution in [-0.4, -0.2) is 41.8 Å². The molecular formula is C14H16F3N3O2. The highest BCUT2D eigenvalue weighted by atomic mass is 19.4. The fourth-order valence-corrected chi connectivity index (χ4v) is 1.89. The molecule has 120 valence electrons. The molecule has 0 fully saturated rings. The maximum Gasteiger partial charge on any atom is 0.411 e. The van der Waals surface area contributed by atoms with Gasteiger partial charge in [-0.05, 0) is 12.1 Å². The maximum atomic E-state index is 11.8. The van der Waals surface area contributed by atoms with E-state index in [0.29, 0.717) is 12.2 Å². The molecule has 2 rings (SSSR count). The first-order valence-electron chi connectivity index (χ1n) is 6.79. The predicted molar refractivity (Wildman–Crippen MR) is 74.3 cm³/mol. The Hall–Kier alpha value is -2.09. The number of rotatable bonds is 7. The number of ether oxygens (including phenoxy) is 1. The monoisotopic (exact) mass is 315 g/mol. The molecule has 0 radical (unpaired) electrons. The molecule has 0 spiro atoms. The zero-order valence-corrected chi connectivity index (χ0v) is 11.7. The second-order valence-corrected chi connectivity index (χ2v) is 4.72. The molecule has 1 aromatic heterocycles. The summed E-state index contributed by atoms with van der Waals surface area (Å²) >= 11 is 0. The number of para-hydroxylation sites is 2. The average molecular weight is 315 g/mol. The van der Waals surface area contributed by atoms with Crippen molar-refractivity contribution >= 4 is 16.9 Å². The standard InChI is InChI=1S/C14H16F3N3O2/c15-14(16,17)9-22-8-7-18-13(21)6-5-12-19-10-3-1-2-4-11(10)20-12/h1-4H,5-9H2,(H,18,21)(H,19,20). The maximum absolute atomic E-state index is 11.8. The van der Waals surface area contributed by atoms with Gasteiger partial charge >= 0.3 is 6.18 Å². The van der Waals surface area contributed by atoms with Gasteiger partial charge in [0.25, 0.3) is 0 Å². The van der Waals surface area contributed by atoms with Crippen molar-refractivity contribution in [3.8, 4) is 0 Å². The normalized spacial score (nSPS) is 11.8. The first kappa shape index (κ1) is 16.3. The molecule has 22 heavy (non-hydrogen) atoms. The lowest BCUT2D eigenvalue weighted by atomic mass is 10.3. The van der Waals surface area contributed by atoms with Crippen molar-refractivity contribution in [3.05, 3.63) is 30.1 Å². The third-order valence-corrected chi connectivity index (χ3v) is 2.86. The van der Waals surface area contributed by atoms with Crippen LogP contribution >= 0.6 is 0 Å². The Morgan fingerprint density at radius 2 is 2.09 bits per heavy atom. The Kier molecular flexibility index (Phi) is 5.37. The van der Waals surface area contributed by atoms with Gasteiger partial charge in [0.2, 0.25) is 5.91 Å². The Bertz CT molecular complexity index is 592. The number of benzene rings is 1. The number of hydrogen-bond acceptors (Lipinski definition) is 3. The lowest BCUT2D eigenvalue weighted by molar-refractivity contribution is -0.173. The van der Waals surface area contributed by atoms with Gasteiger partial charge in [0.05, 0.1) is 17.6 Å². The van der Waals surface area contributed by atoms with Crippen LogP contribution in [-0.2, 0) is 16.0 Å². The highest BCUT2D eigenvalue weighted by Gasteiger charge is 2.27. The largest absolute Gasteiger partial charge is 0.411 e. The number of imidazole rings is 1. The Morgan fingerprint density at radius 3 is 2.82 bits per heavy atom. The third kappa shape index (κ3) is 5.36.